The number of pyridine rings is 1. The number of aryl methyl sites for hydroxylation is 1. The minimum atomic E-state index is -0.499. The lowest BCUT2D eigenvalue weighted by molar-refractivity contribution is 0.0600. The molecule has 2 aromatic heterocycles. The average molecular weight is 378 g/mol. The molecule has 0 bridgehead atoms. The zero-order valence-electron chi connectivity index (χ0n) is 15.4. The van der Waals surface area contributed by atoms with Gasteiger partial charge in [-0.15, -0.1) is 0 Å². The van der Waals surface area contributed by atoms with Gasteiger partial charge in [0.05, 0.1) is 12.7 Å². The molecule has 1 N–H and O–H groups in total. The van der Waals surface area contributed by atoms with Gasteiger partial charge in [0.1, 0.15) is 17.3 Å². The van der Waals surface area contributed by atoms with Gasteiger partial charge in [0.25, 0.3) is 0 Å². The Balaban J connectivity index is 1.64. The molecule has 1 aliphatic rings. The Kier molecular flexibility index (Phi) is 4.97. The fraction of sp³-hybridized carbons (Fsp3) is 0.238. The van der Waals surface area contributed by atoms with Crippen molar-refractivity contribution in [1.29, 1.82) is 0 Å². The van der Waals surface area contributed by atoms with Crippen molar-refractivity contribution in [3.8, 4) is 11.5 Å². The minimum Gasteiger partial charge on any atom is -0.465 e. The molecule has 2 heterocycles. The molecule has 142 valence electrons. The van der Waals surface area contributed by atoms with E-state index in [0.717, 1.165) is 30.5 Å². The molecule has 0 saturated heterocycles. The summed E-state index contributed by atoms with van der Waals surface area (Å²) in [5.74, 6) is 0.343. The number of anilines is 1. The molecule has 0 aliphatic heterocycles. The largest absolute Gasteiger partial charge is 0.465 e. The molecule has 1 aliphatic carbocycles. The maximum Gasteiger partial charge on any atom is 0.337 e. The van der Waals surface area contributed by atoms with Gasteiger partial charge in [-0.05, 0) is 49.6 Å². The van der Waals surface area contributed by atoms with Crippen molar-refractivity contribution in [3.05, 3.63) is 70.8 Å². The van der Waals surface area contributed by atoms with Crippen molar-refractivity contribution < 1.29 is 13.9 Å². The average Bonchev–Trinajstić information content (AvgIpc) is 3.22. The van der Waals surface area contributed by atoms with Crippen LogP contribution >= 0.6 is 0 Å². The van der Waals surface area contributed by atoms with E-state index in [2.05, 4.69) is 20.3 Å². The van der Waals surface area contributed by atoms with Gasteiger partial charge in [0, 0.05) is 29.6 Å². The van der Waals surface area contributed by atoms with Crippen LogP contribution in [0.4, 0.5) is 10.2 Å². The summed E-state index contributed by atoms with van der Waals surface area (Å²) in [7, 11) is 1.30. The van der Waals surface area contributed by atoms with Crippen molar-refractivity contribution in [2.24, 2.45) is 0 Å². The highest BCUT2D eigenvalue weighted by atomic mass is 19.1. The number of carbonyl (C=O) groups excluding carboxylic acids is 1. The van der Waals surface area contributed by atoms with Gasteiger partial charge in [0.2, 0.25) is 0 Å². The van der Waals surface area contributed by atoms with E-state index in [0.29, 0.717) is 28.5 Å². The number of carbonyl (C=O) groups is 1. The zero-order valence-corrected chi connectivity index (χ0v) is 15.4. The fourth-order valence-electron chi connectivity index (χ4n) is 3.32. The number of halogens is 1. The van der Waals surface area contributed by atoms with E-state index in [9.17, 15) is 9.18 Å². The summed E-state index contributed by atoms with van der Waals surface area (Å²) in [6.45, 7) is 0.196. The maximum absolute atomic E-state index is 14.2. The van der Waals surface area contributed by atoms with Crippen molar-refractivity contribution in [3.63, 3.8) is 0 Å². The molecule has 1 aromatic carbocycles. The van der Waals surface area contributed by atoms with E-state index in [1.807, 2.05) is 18.2 Å². The molecule has 0 spiro atoms. The van der Waals surface area contributed by atoms with E-state index in [-0.39, 0.29) is 6.54 Å². The minimum absolute atomic E-state index is 0.196. The van der Waals surface area contributed by atoms with Crippen LogP contribution in [0, 0.1) is 5.82 Å². The molecule has 0 saturated carbocycles. The van der Waals surface area contributed by atoms with Gasteiger partial charge in [-0.3, -0.25) is 4.98 Å². The lowest BCUT2D eigenvalue weighted by atomic mass is 10.1. The van der Waals surface area contributed by atoms with Gasteiger partial charge in [-0.25, -0.2) is 19.2 Å². The van der Waals surface area contributed by atoms with E-state index in [4.69, 9.17) is 4.74 Å². The van der Waals surface area contributed by atoms with Crippen molar-refractivity contribution in [2.45, 2.75) is 25.8 Å². The smallest absolute Gasteiger partial charge is 0.337 e. The molecular weight excluding hydrogens is 359 g/mol. The molecule has 3 aromatic rings. The van der Waals surface area contributed by atoms with E-state index >= 15 is 0 Å². The second-order valence-corrected chi connectivity index (χ2v) is 6.54. The first-order valence-electron chi connectivity index (χ1n) is 9.07. The third-order valence-corrected chi connectivity index (χ3v) is 4.74. The van der Waals surface area contributed by atoms with E-state index < -0.39 is 11.8 Å². The van der Waals surface area contributed by atoms with Crippen LogP contribution in [-0.2, 0) is 24.1 Å². The molecule has 0 unspecified atom stereocenters. The third kappa shape index (κ3) is 3.55. The summed E-state index contributed by atoms with van der Waals surface area (Å²) in [4.78, 5) is 25.3. The van der Waals surface area contributed by atoms with Crippen molar-refractivity contribution >= 4 is 11.8 Å². The Morgan fingerprint density at radius 2 is 2.11 bits per heavy atom. The quantitative estimate of drug-likeness (QED) is 0.684. The van der Waals surface area contributed by atoms with Gasteiger partial charge >= 0.3 is 5.97 Å². The van der Waals surface area contributed by atoms with Gasteiger partial charge in [-0.1, -0.05) is 6.07 Å². The van der Waals surface area contributed by atoms with Crippen LogP contribution in [0.3, 0.4) is 0 Å². The summed E-state index contributed by atoms with van der Waals surface area (Å²) in [6, 6.07) is 9.77. The lowest BCUT2D eigenvalue weighted by Crippen LogP contribution is -2.10. The number of rotatable bonds is 5. The van der Waals surface area contributed by atoms with Gasteiger partial charge < -0.3 is 10.1 Å². The Morgan fingerprint density at radius 1 is 1.21 bits per heavy atom. The molecular formula is C21H19FN4O2. The predicted octanol–water partition coefficient (Wildman–Crippen LogP) is 3.57. The van der Waals surface area contributed by atoms with E-state index in [1.54, 1.807) is 6.20 Å². The number of esters is 1. The number of fused-ring (bicyclic) bond motifs is 1. The topological polar surface area (TPSA) is 77.0 Å². The summed E-state index contributed by atoms with van der Waals surface area (Å²) < 4.78 is 18.9. The SMILES string of the molecule is COC(=O)c1ccc(F)c(CNc2nc(-c3ccccn3)nc3c2CCC3)c1. The third-order valence-electron chi connectivity index (χ3n) is 4.74. The first-order valence-corrected chi connectivity index (χ1v) is 9.07. The normalized spacial score (nSPS) is 12.5. The second kappa shape index (κ2) is 7.72. The number of hydrogen-bond donors (Lipinski definition) is 1. The monoisotopic (exact) mass is 378 g/mol. The predicted molar refractivity (Wildman–Crippen MR) is 102 cm³/mol. The number of aromatic nitrogens is 3. The highest BCUT2D eigenvalue weighted by molar-refractivity contribution is 5.89. The summed E-state index contributed by atoms with van der Waals surface area (Å²) in [5, 5.41) is 3.23. The standard InChI is InChI=1S/C21H19FN4O2/c1-28-21(27)13-8-9-16(22)14(11-13)12-24-19-15-5-4-7-17(15)25-20(26-19)18-6-2-3-10-23-18/h2-3,6,8-11H,4-5,7,12H2,1H3,(H,24,25,26). The van der Waals surface area contributed by atoms with Crippen molar-refractivity contribution in [2.75, 3.05) is 12.4 Å². The molecule has 4 rings (SSSR count). The molecule has 6 nitrogen and oxygen atoms in total. The molecule has 28 heavy (non-hydrogen) atoms. The number of nitrogens with one attached hydrogen (secondary N) is 1. The molecule has 0 radical (unpaired) electrons. The van der Waals surface area contributed by atoms with Crippen LogP contribution < -0.4 is 5.32 Å². The Labute approximate surface area is 161 Å². The molecule has 7 heteroatoms. The summed E-state index contributed by atoms with van der Waals surface area (Å²) in [5.41, 5.74) is 3.43. The molecule has 0 atom stereocenters. The number of nitrogens with zero attached hydrogens (tertiary/aromatic N) is 3. The number of methoxy groups -OCH3 is 1. The van der Waals surface area contributed by atoms with E-state index in [1.165, 1.54) is 25.3 Å². The molecule has 0 amide bonds. The zero-order chi connectivity index (χ0) is 19.5. The highest BCUT2D eigenvalue weighted by Gasteiger charge is 2.20. The Bertz CT molecular complexity index is 1020. The summed E-state index contributed by atoms with van der Waals surface area (Å²) >= 11 is 0. The van der Waals surface area contributed by atoms with Crippen LogP contribution in [-0.4, -0.2) is 28.0 Å². The van der Waals surface area contributed by atoms with Gasteiger partial charge in [-0.2, -0.15) is 0 Å². The van der Waals surface area contributed by atoms with Crippen LogP contribution in [0.1, 0.15) is 33.6 Å². The highest BCUT2D eigenvalue weighted by Crippen LogP contribution is 2.29. The first kappa shape index (κ1) is 18.0. The first-order chi connectivity index (χ1) is 13.7. The second-order valence-electron chi connectivity index (χ2n) is 6.54. The van der Waals surface area contributed by atoms with Crippen molar-refractivity contribution in [1.82, 2.24) is 15.0 Å². The maximum atomic E-state index is 14.2. The number of ether oxygens (including phenoxy) is 1. The van der Waals surface area contributed by atoms with Crippen LogP contribution in [0.2, 0.25) is 0 Å². The summed E-state index contributed by atoms with van der Waals surface area (Å²) in [6.07, 6.45) is 4.48. The number of benzene rings is 1. The number of hydrogen-bond acceptors (Lipinski definition) is 6. The lowest BCUT2D eigenvalue weighted by Gasteiger charge is -2.13. The fourth-order valence-corrected chi connectivity index (χ4v) is 3.32. The Hall–Kier alpha value is -3.35. The van der Waals surface area contributed by atoms with Crippen LogP contribution in [0.5, 0.6) is 0 Å². The van der Waals surface area contributed by atoms with Crippen LogP contribution in [0.25, 0.3) is 11.5 Å². The van der Waals surface area contributed by atoms with Crippen LogP contribution in [0.15, 0.2) is 42.6 Å². The molecule has 0 fully saturated rings. The van der Waals surface area contributed by atoms with Gasteiger partial charge in [0.15, 0.2) is 5.82 Å². The Morgan fingerprint density at radius 3 is 2.89 bits per heavy atom.